The fourth-order valence-corrected chi connectivity index (χ4v) is 3.14. The van der Waals surface area contributed by atoms with Crippen molar-refractivity contribution in [1.29, 1.82) is 0 Å². The van der Waals surface area contributed by atoms with E-state index in [1.165, 1.54) is 12.1 Å². The Balaban J connectivity index is 1.83. The molecule has 5 nitrogen and oxygen atoms in total. The van der Waals surface area contributed by atoms with Gasteiger partial charge < -0.3 is 10.4 Å². The number of hydrogen-bond acceptors (Lipinski definition) is 4. The average molecular weight is 292 g/mol. The molecule has 2 rings (SSSR count). The lowest BCUT2D eigenvalue weighted by Crippen LogP contribution is -2.25. The number of nitrogens with one attached hydrogen (secondary N) is 1. The van der Waals surface area contributed by atoms with Crippen LogP contribution in [-0.4, -0.2) is 23.1 Å². The SMILES string of the molecule is CC1(C)C(CNCC(O)c2ccc([N+](=O)[O-])cc2)C1(C)C. The minimum absolute atomic E-state index is 0.0420. The molecular weight excluding hydrogens is 268 g/mol. The molecule has 0 bridgehead atoms. The molecule has 5 heteroatoms. The lowest BCUT2D eigenvalue weighted by atomic mass is 10.0. The largest absolute Gasteiger partial charge is 0.387 e. The zero-order valence-electron chi connectivity index (χ0n) is 13.1. The standard InChI is InChI=1S/C16H24N2O3/c1-15(2)14(16(15,3)4)10-17-9-13(19)11-5-7-12(8-6-11)18(20)21/h5-8,13-14,17,19H,9-10H2,1-4H3. The van der Waals surface area contributed by atoms with Crippen molar-refractivity contribution in [1.82, 2.24) is 5.32 Å². The predicted molar refractivity (Wildman–Crippen MR) is 82.0 cm³/mol. The Labute approximate surface area is 125 Å². The first-order valence-electron chi connectivity index (χ1n) is 7.31. The summed E-state index contributed by atoms with van der Waals surface area (Å²) in [7, 11) is 0. The van der Waals surface area contributed by atoms with E-state index in [9.17, 15) is 15.2 Å². The monoisotopic (exact) mass is 292 g/mol. The van der Waals surface area contributed by atoms with Crippen molar-refractivity contribution < 1.29 is 10.0 Å². The smallest absolute Gasteiger partial charge is 0.269 e. The third-order valence-corrected chi connectivity index (χ3v) is 5.49. The lowest BCUT2D eigenvalue weighted by Gasteiger charge is -2.12. The fraction of sp³-hybridized carbons (Fsp3) is 0.625. The number of benzene rings is 1. The van der Waals surface area contributed by atoms with E-state index in [0.717, 1.165) is 6.54 Å². The number of nitro groups is 1. The van der Waals surface area contributed by atoms with Crippen LogP contribution in [0.5, 0.6) is 0 Å². The molecule has 0 aromatic heterocycles. The summed E-state index contributed by atoms with van der Waals surface area (Å²) in [5, 5.41) is 24.0. The number of aliphatic hydroxyl groups excluding tert-OH is 1. The zero-order chi connectivity index (χ0) is 15.8. The highest BCUT2D eigenvalue weighted by Gasteiger charge is 2.63. The number of hydrogen-bond donors (Lipinski definition) is 2. The van der Waals surface area contributed by atoms with E-state index in [1.807, 2.05) is 0 Å². The van der Waals surface area contributed by atoms with E-state index in [0.29, 0.717) is 28.9 Å². The van der Waals surface area contributed by atoms with Gasteiger partial charge in [0.1, 0.15) is 0 Å². The summed E-state index contributed by atoms with van der Waals surface area (Å²) in [6.45, 7) is 10.4. The summed E-state index contributed by atoms with van der Waals surface area (Å²) in [5.74, 6) is 0.606. The van der Waals surface area contributed by atoms with E-state index in [-0.39, 0.29) is 5.69 Å². The van der Waals surface area contributed by atoms with Gasteiger partial charge in [0.2, 0.25) is 0 Å². The molecule has 0 radical (unpaired) electrons. The molecule has 1 unspecified atom stereocenters. The van der Waals surface area contributed by atoms with E-state index >= 15 is 0 Å². The van der Waals surface area contributed by atoms with Crippen molar-refractivity contribution >= 4 is 5.69 Å². The molecule has 1 fully saturated rings. The molecule has 2 N–H and O–H groups in total. The molecule has 1 aliphatic rings. The van der Waals surface area contributed by atoms with Crippen LogP contribution < -0.4 is 5.32 Å². The highest BCUT2D eigenvalue weighted by atomic mass is 16.6. The van der Waals surface area contributed by atoms with Gasteiger partial charge in [-0.25, -0.2) is 0 Å². The first kappa shape index (κ1) is 15.9. The fourth-order valence-electron chi connectivity index (χ4n) is 3.14. The number of nitro benzene ring substituents is 1. The normalized spacial score (nSPS) is 21.0. The molecule has 1 aromatic rings. The highest BCUT2D eigenvalue weighted by molar-refractivity contribution is 5.33. The summed E-state index contributed by atoms with van der Waals surface area (Å²) >= 11 is 0. The van der Waals surface area contributed by atoms with Gasteiger partial charge in [0.15, 0.2) is 0 Å². The molecule has 0 amide bonds. The summed E-state index contributed by atoms with van der Waals surface area (Å²) in [6, 6.07) is 6.06. The van der Waals surface area contributed by atoms with Crippen LogP contribution in [0.4, 0.5) is 5.69 Å². The van der Waals surface area contributed by atoms with Crippen LogP contribution in [0.2, 0.25) is 0 Å². The quantitative estimate of drug-likeness (QED) is 0.624. The maximum absolute atomic E-state index is 10.6. The van der Waals surface area contributed by atoms with Gasteiger partial charge in [0.05, 0.1) is 11.0 Å². The number of aliphatic hydroxyl groups is 1. The molecule has 116 valence electrons. The molecule has 0 heterocycles. The third kappa shape index (κ3) is 2.94. The molecule has 0 saturated heterocycles. The first-order chi connectivity index (χ1) is 9.68. The van der Waals surface area contributed by atoms with Crippen LogP contribution in [0.3, 0.4) is 0 Å². The van der Waals surface area contributed by atoms with E-state index in [1.54, 1.807) is 12.1 Å². The Morgan fingerprint density at radius 2 is 1.76 bits per heavy atom. The first-order valence-corrected chi connectivity index (χ1v) is 7.31. The highest BCUT2D eigenvalue weighted by Crippen LogP contribution is 2.67. The van der Waals surface area contributed by atoms with Gasteiger partial charge >= 0.3 is 0 Å². The molecule has 1 aliphatic carbocycles. The molecule has 0 spiro atoms. The van der Waals surface area contributed by atoms with Gasteiger partial charge in [-0.1, -0.05) is 27.7 Å². The molecule has 1 aromatic carbocycles. The number of non-ortho nitro benzene ring substituents is 1. The summed E-state index contributed by atoms with van der Waals surface area (Å²) in [5.41, 5.74) is 1.40. The van der Waals surface area contributed by atoms with Crippen molar-refractivity contribution in [2.45, 2.75) is 33.8 Å². The van der Waals surface area contributed by atoms with Crippen molar-refractivity contribution in [2.75, 3.05) is 13.1 Å². The Bertz CT molecular complexity index is 509. The van der Waals surface area contributed by atoms with Gasteiger partial charge in [-0.05, 0) is 41.0 Å². The lowest BCUT2D eigenvalue weighted by molar-refractivity contribution is -0.384. The van der Waals surface area contributed by atoms with Crippen molar-refractivity contribution in [3.63, 3.8) is 0 Å². The third-order valence-electron chi connectivity index (χ3n) is 5.49. The van der Waals surface area contributed by atoms with E-state index in [4.69, 9.17) is 0 Å². The zero-order valence-corrected chi connectivity index (χ0v) is 13.1. The minimum atomic E-state index is -0.643. The molecule has 21 heavy (non-hydrogen) atoms. The Morgan fingerprint density at radius 3 is 2.19 bits per heavy atom. The van der Waals surface area contributed by atoms with Gasteiger partial charge in [-0.2, -0.15) is 0 Å². The number of rotatable bonds is 6. The second kappa shape index (κ2) is 5.39. The van der Waals surface area contributed by atoms with Gasteiger partial charge in [-0.3, -0.25) is 10.1 Å². The number of nitrogens with zero attached hydrogens (tertiary/aromatic N) is 1. The van der Waals surface area contributed by atoms with E-state index < -0.39 is 11.0 Å². The van der Waals surface area contributed by atoms with Crippen LogP contribution in [-0.2, 0) is 0 Å². The summed E-state index contributed by atoms with van der Waals surface area (Å²) < 4.78 is 0. The maximum Gasteiger partial charge on any atom is 0.269 e. The molecule has 1 atom stereocenters. The van der Waals surface area contributed by atoms with Crippen molar-refractivity contribution in [3.8, 4) is 0 Å². The van der Waals surface area contributed by atoms with Crippen LogP contribution in [0, 0.1) is 26.9 Å². The molecule has 1 saturated carbocycles. The summed E-state index contributed by atoms with van der Waals surface area (Å²) in [4.78, 5) is 10.1. The van der Waals surface area contributed by atoms with Crippen LogP contribution in [0.1, 0.15) is 39.4 Å². The maximum atomic E-state index is 10.6. The van der Waals surface area contributed by atoms with Gasteiger partial charge in [0.25, 0.3) is 5.69 Å². The predicted octanol–water partition coefficient (Wildman–Crippen LogP) is 2.90. The average Bonchev–Trinajstić information content (AvgIpc) is 2.80. The second-order valence-electron chi connectivity index (χ2n) is 7.02. The Kier molecular flexibility index (Phi) is 4.08. The summed E-state index contributed by atoms with van der Waals surface area (Å²) in [6.07, 6.45) is -0.643. The van der Waals surface area contributed by atoms with Crippen molar-refractivity contribution in [3.05, 3.63) is 39.9 Å². The van der Waals surface area contributed by atoms with E-state index in [2.05, 4.69) is 33.0 Å². The molecular formula is C16H24N2O3. The van der Waals surface area contributed by atoms with Gasteiger partial charge in [-0.15, -0.1) is 0 Å². The second-order valence-corrected chi connectivity index (χ2v) is 7.02. The van der Waals surface area contributed by atoms with Gasteiger partial charge in [0, 0.05) is 18.7 Å². The van der Waals surface area contributed by atoms with Crippen LogP contribution in [0.15, 0.2) is 24.3 Å². The Hall–Kier alpha value is -1.46. The minimum Gasteiger partial charge on any atom is -0.387 e. The molecule has 0 aliphatic heterocycles. The Morgan fingerprint density at radius 1 is 1.24 bits per heavy atom. The van der Waals surface area contributed by atoms with Crippen LogP contribution in [0.25, 0.3) is 0 Å². The van der Waals surface area contributed by atoms with Crippen molar-refractivity contribution in [2.24, 2.45) is 16.7 Å². The topological polar surface area (TPSA) is 75.4 Å². The van der Waals surface area contributed by atoms with Crippen LogP contribution >= 0.6 is 0 Å².